The van der Waals surface area contributed by atoms with E-state index in [-0.39, 0.29) is 30.4 Å². The summed E-state index contributed by atoms with van der Waals surface area (Å²) in [7, 11) is 0. The molecule has 1 aromatic carbocycles. The van der Waals surface area contributed by atoms with Gasteiger partial charge in [0.05, 0.1) is 6.04 Å². The van der Waals surface area contributed by atoms with Crippen LogP contribution in [-0.4, -0.2) is 11.9 Å². The fourth-order valence-corrected chi connectivity index (χ4v) is 1.89. The summed E-state index contributed by atoms with van der Waals surface area (Å²) in [5.41, 5.74) is 6.62. The SMILES string of the molecule is CCC(NC(=O)CC(C)N)c1cccc(Cl)c1.Cl. The molecule has 0 bridgehead atoms. The van der Waals surface area contributed by atoms with Gasteiger partial charge in [0, 0.05) is 17.5 Å². The van der Waals surface area contributed by atoms with Crippen molar-refractivity contribution in [1.82, 2.24) is 5.32 Å². The van der Waals surface area contributed by atoms with E-state index in [0.29, 0.717) is 11.4 Å². The number of carbonyl (C=O) groups excluding carboxylic acids is 1. The highest BCUT2D eigenvalue weighted by atomic mass is 35.5. The maximum atomic E-state index is 11.7. The first-order valence-electron chi connectivity index (χ1n) is 5.83. The van der Waals surface area contributed by atoms with Crippen molar-refractivity contribution in [2.24, 2.45) is 5.73 Å². The van der Waals surface area contributed by atoms with E-state index in [2.05, 4.69) is 5.32 Å². The van der Waals surface area contributed by atoms with Gasteiger partial charge in [-0.3, -0.25) is 4.79 Å². The van der Waals surface area contributed by atoms with Crippen molar-refractivity contribution < 1.29 is 4.79 Å². The van der Waals surface area contributed by atoms with Crippen LogP contribution in [0.25, 0.3) is 0 Å². The molecule has 0 heterocycles. The Balaban J connectivity index is 0.00000289. The molecule has 0 saturated carbocycles. The normalized spacial score (nSPS) is 13.3. The molecule has 3 N–H and O–H groups in total. The van der Waals surface area contributed by atoms with Crippen LogP contribution in [0.4, 0.5) is 0 Å². The van der Waals surface area contributed by atoms with Crippen LogP contribution in [0.15, 0.2) is 24.3 Å². The van der Waals surface area contributed by atoms with E-state index in [1.54, 1.807) is 0 Å². The standard InChI is InChI=1S/C13H19ClN2O.ClH/c1-3-12(16-13(17)7-9(2)15)10-5-4-6-11(14)8-10;/h4-6,8-9,12H,3,7,15H2,1-2H3,(H,16,17);1H. The summed E-state index contributed by atoms with van der Waals surface area (Å²) in [5.74, 6) is -0.0215. The number of nitrogens with two attached hydrogens (primary N) is 1. The molecule has 2 unspecified atom stereocenters. The lowest BCUT2D eigenvalue weighted by Gasteiger charge is -2.18. The third kappa shape index (κ3) is 5.71. The Morgan fingerprint density at radius 2 is 2.17 bits per heavy atom. The lowest BCUT2D eigenvalue weighted by atomic mass is 10.0. The summed E-state index contributed by atoms with van der Waals surface area (Å²) in [6.45, 7) is 3.84. The van der Waals surface area contributed by atoms with Crippen molar-refractivity contribution in [1.29, 1.82) is 0 Å². The third-order valence-electron chi connectivity index (χ3n) is 2.50. The van der Waals surface area contributed by atoms with Gasteiger partial charge in [-0.2, -0.15) is 0 Å². The van der Waals surface area contributed by atoms with E-state index in [9.17, 15) is 4.79 Å². The number of nitrogens with one attached hydrogen (secondary N) is 1. The summed E-state index contributed by atoms with van der Waals surface area (Å²) in [6, 6.07) is 7.43. The Bertz CT molecular complexity index is 383. The molecule has 0 fully saturated rings. The highest BCUT2D eigenvalue weighted by Crippen LogP contribution is 2.20. The number of benzene rings is 1. The Morgan fingerprint density at radius 1 is 1.50 bits per heavy atom. The van der Waals surface area contributed by atoms with E-state index >= 15 is 0 Å². The lowest BCUT2D eigenvalue weighted by Crippen LogP contribution is -2.32. The minimum atomic E-state index is -0.119. The molecule has 18 heavy (non-hydrogen) atoms. The summed E-state index contributed by atoms with van der Waals surface area (Å²) < 4.78 is 0. The molecule has 2 atom stereocenters. The van der Waals surface area contributed by atoms with Crippen LogP contribution in [0.3, 0.4) is 0 Å². The predicted molar refractivity (Wildman–Crippen MR) is 78.1 cm³/mol. The van der Waals surface area contributed by atoms with Gasteiger partial charge < -0.3 is 11.1 Å². The van der Waals surface area contributed by atoms with Crippen LogP contribution in [0, 0.1) is 0 Å². The predicted octanol–water partition coefficient (Wildman–Crippen LogP) is 3.07. The number of rotatable bonds is 5. The van der Waals surface area contributed by atoms with Crippen molar-refractivity contribution >= 4 is 29.9 Å². The number of amides is 1. The molecule has 0 aliphatic heterocycles. The fraction of sp³-hybridized carbons (Fsp3) is 0.462. The molecule has 0 aromatic heterocycles. The molecule has 3 nitrogen and oxygen atoms in total. The minimum Gasteiger partial charge on any atom is -0.349 e. The van der Waals surface area contributed by atoms with Crippen molar-refractivity contribution in [3.8, 4) is 0 Å². The summed E-state index contributed by atoms with van der Waals surface area (Å²) in [5, 5.41) is 3.65. The maximum Gasteiger partial charge on any atom is 0.222 e. The zero-order valence-electron chi connectivity index (χ0n) is 10.7. The van der Waals surface area contributed by atoms with Gasteiger partial charge in [-0.05, 0) is 31.0 Å². The van der Waals surface area contributed by atoms with Crippen LogP contribution in [-0.2, 0) is 4.79 Å². The van der Waals surface area contributed by atoms with Crippen LogP contribution >= 0.6 is 24.0 Å². The van der Waals surface area contributed by atoms with Gasteiger partial charge >= 0.3 is 0 Å². The Kier molecular flexibility index (Phi) is 8.00. The average molecular weight is 291 g/mol. The number of halogens is 2. The first kappa shape index (κ1) is 17.2. The molecular weight excluding hydrogens is 271 g/mol. The fourth-order valence-electron chi connectivity index (χ4n) is 1.69. The third-order valence-corrected chi connectivity index (χ3v) is 2.74. The van der Waals surface area contributed by atoms with Gasteiger partial charge in [0.2, 0.25) is 5.91 Å². The molecule has 0 aliphatic rings. The minimum absolute atomic E-state index is 0. The molecule has 0 spiro atoms. The zero-order valence-corrected chi connectivity index (χ0v) is 12.2. The zero-order chi connectivity index (χ0) is 12.8. The number of hydrogen-bond donors (Lipinski definition) is 2. The number of carbonyl (C=O) groups is 1. The monoisotopic (exact) mass is 290 g/mol. The summed E-state index contributed by atoms with van der Waals surface area (Å²) in [4.78, 5) is 11.7. The Labute approximate surface area is 119 Å². The topological polar surface area (TPSA) is 55.1 Å². The second-order valence-electron chi connectivity index (χ2n) is 4.26. The van der Waals surface area contributed by atoms with E-state index in [0.717, 1.165) is 12.0 Å². The molecule has 0 aliphatic carbocycles. The Hall–Kier alpha value is -0.770. The Morgan fingerprint density at radius 3 is 2.67 bits per heavy atom. The number of hydrogen-bond acceptors (Lipinski definition) is 2. The smallest absolute Gasteiger partial charge is 0.222 e. The molecule has 1 rings (SSSR count). The maximum absolute atomic E-state index is 11.7. The van der Waals surface area contributed by atoms with Gasteiger partial charge in [-0.25, -0.2) is 0 Å². The molecular formula is C13H20Cl2N2O. The van der Waals surface area contributed by atoms with Gasteiger partial charge in [0.1, 0.15) is 0 Å². The molecule has 5 heteroatoms. The van der Waals surface area contributed by atoms with Crippen LogP contribution in [0.5, 0.6) is 0 Å². The molecule has 0 radical (unpaired) electrons. The lowest BCUT2D eigenvalue weighted by molar-refractivity contribution is -0.122. The highest BCUT2D eigenvalue weighted by molar-refractivity contribution is 6.30. The molecule has 1 amide bonds. The second-order valence-corrected chi connectivity index (χ2v) is 4.70. The quantitative estimate of drug-likeness (QED) is 0.876. The van der Waals surface area contributed by atoms with Crippen LogP contribution in [0.1, 0.15) is 38.3 Å². The van der Waals surface area contributed by atoms with E-state index < -0.39 is 0 Å². The molecule has 0 saturated heterocycles. The van der Waals surface area contributed by atoms with E-state index in [4.69, 9.17) is 17.3 Å². The van der Waals surface area contributed by atoms with Gasteiger partial charge in [0.25, 0.3) is 0 Å². The van der Waals surface area contributed by atoms with Gasteiger partial charge in [-0.15, -0.1) is 12.4 Å². The van der Waals surface area contributed by atoms with E-state index in [1.807, 2.05) is 38.1 Å². The summed E-state index contributed by atoms with van der Waals surface area (Å²) in [6.07, 6.45) is 1.17. The van der Waals surface area contributed by atoms with Crippen molar-refractivity contribution in [3.05, 3.63) is 34.9 Å². The van der Waals surface area contributed by atoms with Gasteiger partial charge in [0.15, 0.2) is 0 Å². The average Bonchev–Trinajstić information content (AvgIpc) is 2.24. The first-order valence-corrected chi connectivity index (χ1v) is 6.21. The largest absolute Gasteiger partial charge is 0.349 e. The van der Waals surface area contributed by atoms with Gasteiger partial charge in [-0.1, -0.05) is 30.7 Å². The summed E-state index contributed by atoms with van der Waals surface area (Å²) >= 11 is 5.93. The molecule has 102 valence electrons. The highest BCUT2D eigenvalue weighted by Gasteiger charge is 2.13. The molecule has 1 aromatic rings. The van der Waals surface area contributed by atoms with Crippen LogP contribution < -0.4 is 11.1 Å². The van der Waals surface area contributed by atoms with Crippen molar-refractivity contribution in [2.45, 2.75) is 38.8 Å². The van der Waals surface area contributed by atoms with Crippen LogP contribution in [0.2, 0.25) is 5.02 Å². The van der Waals surface area contributed by atoms with Crippen molar-refractivity contribution in [3.63, 3.8) is 0 Å². The van der Waals surface area contributed by atoms with E-state index in [1.165, 1.54) is 0 Å². The second kappa shape index (κ2) is 8.35. The van der Waals surface area contributed by atoms with Crippen molar-refractivity contribution in [2.75, 3.05) is 0 Å². The first-order chi connectivity index (χ1) is 8.02.